The van der Waals surface area contributed by atoms with Crippen LogP contribution >= 0.6 is 0 Å². The predicted molar refractivity (Wildman–Crippen MR) is 139 cm³/mol. The molecule has 3 heterocycles. The molecule has 2 aromatic carbocycles. The van der Waals surface area contributed by atoms with E-state index in [0.29, 0.717) is 24.9 Å². The molecular formula is C28H34N4O3. The number of piperidine rings is 1. The van der Waals surface area contributed by atoms with Crippen LogP contribution in [-0.4, -0.2) is 62.9 Å². The van der Waals surface area contributed by atoms with E-state index < -0.39 is 0 Å². The molecule has 0 saturated carbocycles. The number of aromatic nitrogens is 1. The van der Waals surface area contributed by atoms with Crippen molar-refractivity contribution < 1.29 is 14.3 Å². The second-order valence-electron chi connectivity index (χ2n) is 9.64. The van der Waals surface area contributed by atoms with Gasteiger partial charge in [0, 0.05) is 38.7 Å². The summed E-state index contributed by atoms with van der Waals surface area (Å²) in [5, 5.41) is 1.06. The van der Waals surface area contributed by atoms with Crippen molar-refractivity contribution in [2.75, 3.05) is 57.2 Å². The fourth-order valence-corrected chi connectivity index (χ4v) is 5.63. The lowest BCUT2D eigenvalue weighted by Crippen LogP contribution is -2.37. The van der Waals surface area contributed by atoms with Crippen LogP contribution in [0.4, 0.5) is 11.5 Å². The summed E-state index contributed by atoms with van der Waals surface area (Å²) in [5.41, 5.74) is 12.9. The van der Waals surface area contributed by atoms with Crippen LogP contribution < -0.4 is 10.6 Å². The van der Waals surface area contributed by atoms with Crippen LogP contribution in [0.3, 0.4) is 0 Å². The maximum Gasteiger partial charge on any atom is 0.210 e. The third kappa shape index (κ3) is 4.70. The third-order valence-corrected chi connectivity index (χ3v) is 7.42. The molecule has 2 fully saturated rings. The number of carbonyl (C=O) groups is 1. The van der Waals surface area contributed by atoms with Gasteiger partial charge in [-0.15, -0.1) is 0 Å². The fourth-order valence-electron chi connectivity index (χ4n) is 5.63. The number of ether oxygens (including phenoxy) is 2. The lowest BCUT2D eigenvalue weighted by Gasteiger charge is -2.38. The van der Waals surface area contributed by atoms with Crippen LogP contribution in [0.25, 0.3) is 22.0 Å². The van der Waals surface area contributed by atoms with Crippen LogP contribution in [0.1, 0.15) is 30.0 Å². The second-order valence-corrected chi connectivity index (χ2v) is 9.64. The SMILES string of the molecule is COCC1CCN(C=O)C(c2cccc(C)c2-c2ccc3nc(N)c(N4CCOCC4)cc3c2)C1. The number of hydrogen-bond acceptors (Lipinski definition) is 6. The van der Waals surface area contributed by atoms with Gasteiger partial charge in [-0.2, -0.15) is 0 Å². The van der Waals surface area contributed by atoms with Gasteiger partial charge in [0.2, 0.25) is 6.41 Å². The van der Waals surface area contributed by atoms with E-state index in [9.17, 15) is 4.79 Å². The van der Waals surface area contributed by atoms with E-state index in [0.717, 1.165) is 67.6 Å². The molecule has 0 aliphatic carbocycles. The number of carbonyl (C=O) groups excluding carboxylic acids is 1. The number of fused-ring (bicyclic) bond motifs is 1. The highest BCUT2D eigenvalue weighted by Gasteiger charge is 2.31. The van der Waals surface area contributed by atoms with Gasteiger partial charge in [0.1, 0.15) is 5.82 Å². The first-order valence-electron chi connectivity index (χ1n) is 12.4. The number of anilines is 2. The number of nitrogens with two attached hydrogens (primary N) is 1. The van der Waals surface area contributed by atoms with Crippen molar-refractivity contribution in [3.8, 4) is 11.1 Å². The molecule has 0 bridgehead atoms. The molecule has 5 rings (SSSR count). The molecule has 7 nitrogen and oxygen atoms in total. The second kappa shape index (κ2) is 10.2. The Hall–Kier alpha value is -3.16. The number of nitrogen functional groups attached to an aromatic ring is 1. The number of amides is 1. The first-order chi connectivity index (χ1) is 17.1. The summed E-state index contributed by atoms with van der Waals surface area (Å²) in [4.78, 5) is 20.9. The van der Waals surface area contributed by atoms with Gasteiger partial charge in [-0.1, -0.05) is 24.3 Å². The highest BCUT2D eigenvalue weighted by molar-refractivity contribution is 5.91. The Labute approximate surface area is 206 Å². The topological polar surface area (TPSA) is 80.9 Å². The lowest BCUT2D eigenvalue weighted by atomic mass is 9.83. The Morgan fingerprint density at radius 2 is 2.00 bits per heavy atom. The molecule has 2 atom stereocenters. The van der Waals surface area contributed by atoms with Gasteiger partial charge in [0.15, 0.2) is 0 Å². The number of nitrogens with zero attached hydrogens (tertiary/aromatic N) is 3. The highest BCUT2D eigenvalue weighted by atomic mass is 16.5. The van der Waals surface area contributed by atoms with Gasteiger partial charge in [-0.25, -0.2) is 4.98 Å². The van der Waals surface area contributed by atoms with E-state index in [4.69, 9.17) is 20.2 Å². The Morgan fingerprint density at radius 1 is 1.17 bits per heavy atom. The largest absolute Gasteiger partial charge is 0.384 e. The van der Waals surface area contributed by atoms with E-state index >= 15 is 0 Å². The lowest BCUT2D eigenvalue weighted by molar-refractivity contribution is -0.122. The summed E-state index contributed by atoms with van der Waals surface area (Å²) in [5.74, 6) is 0.992. The van der Waals surface area contributed by atoms with Gasteiger partial charge >= 0.3 is 0 Å². The summed E-state index contributed by atoms with van der Waals surface area (Å²) in [6.07, 6.45) is 2.87. The van der Waals surface area contributed by atoms with Crippen LogP contribution in [0.15, 0.2) is 42.5 Å². The summed E-state index contributed by atoms with van der Waals surface area (Å²) >= 11 is 0. The van der Waals surface area contributed by atoms with Crippen molar-refractivity contribution in [1.29, 1.82) is 0 Å². The minimum absolute atomic E-state index is 0.0282. The van der Waals surface area contributed by atoms with E-state index in [2.05, 4.69) is 48.2 Å². The zero-order valence-electron chi connectivity index (χ0n) is 20.6. The average molecular weight is 475 g/mol. The summed E-state index contributed by atoms with van der Waals surface area (Å²) in [6, 6.07) is 15.0. The molecule has 7 heteroatoms. The first kappa shape index (κ1) is 23.6. The van der Waals surface area contributed by atoms with E-state index in [-0.39, 0.29) is 6.04 Å². The van der Waals surface area contributed by atoms with Crippen molar-refractivity contribution in [3.05, 3.63) is 53.6 Å². The van der Waals surface area contributed by atoms with Crippen molar-refractivity contribution in [1.82, 2.24) is 9.88 Å². The van der Waals surface area contributed by atoms with Crippen LogP contribution in [0.5, 0.6) is 0 Å². The third-order valence-electron chi connectivity index (χ3n) is 7.42. The molecule has 1 amide bonds. The standard InChI is InChI=1S/C28H34N4O3/c1-19-4-3-5-23(25-14-20(17-34-2)8-9-32(25)18-33)27(19)21-6-7-24-22(15-21)16-26(28(29)30-24)31-10-12-35-13-11-31/h3-7,15-16,18,20,25H,8-14,17H2,1-2H3,(H2,29,30). The van der Waals surface area contributed by atoms with Gasteiger partial charge < -0.3 is 25.0 Å². The number of hydrogen-bond donors (Lipinski definition) is 1. The van der Waals surface area contributed by atoms with Crippen molar-refractivity contribution in [2.45, 2.75) is 25.8 Å². The van der Waals surface area contributed by atoms with Crippen molar-refractivity contribution in [2.24, 2.45) is 5.92 Å². The predicted octanol–water partition coefficient (Wildman–Crippen LogP) is 4.18. The van der Waals surface area contributed by atoms with Gasteiger partial charge in [-0.3, -0.25) is 4.79 Å². The van der Waals surface area contributed by atoms with Gasteiger partial charge in [-0.05, 0) is 66.1 Å². The number of rotatable bonds is 6. The zero-order valence-corrected chi connectivity index (χ0v) is 20.6. The van der Waals surface area contributed by atoms with Crippen LogP contribution in [0.2, 0.25) is 0 Å². The molecule has 184 valence electrons. The molecule has 2 aliphatic rings. The Balaban J connectivity index is 1.57. The number of aryl methyl sites for hydroxylation is 1. The molecule has 3 aromatic rings. The van der Waals surface area contributed by atoms with Crippen molar-refractivity contribution in [3.63, 3.8) is 0 Å². The van der Waals surface area contributed by atoms with E-state index in [1.807, 2.05) is 11.0 Å². The molecule has 1 aromatic heterocycles. The number of morpholine rings is 1. The number of likely N-dealkylation sites (tertiary alicyclic amines) is 1. The maximum atomic E-state index is 12.0. The summed E-state index contributed by atoms with van der Waals surface area (Å²) < 4.78 is 11.0. The fraction of sp³-hybridized carbons (Fsp3) is 0.429. The molecule has 2 saturated heterocycles. The maximum absolute atomic E-state index is 12.0. The van der Waals surface area contributed by atoms with Gasteiger partial charge in [0.25, 0.3) is 0 Å². The minimum Gasteiger partial charge on any atom is -0.384 e. The molecule has 35 heavy (non-hydrogen) atoms. The smallest absolute Gasteiger partial charge is 0.210 e. The molecule has 2 unspecified atom stereocenters. The summed E-state index contributed by atoms with van der Waals surface area (Å²) in [7, 11) is 1.75. The number of pyridine rings is 1. The number of methoxy groups -OCH3 is 1. The van der Waals surface area contributed by atoms with E-state index in [1.165, 1.54) is 16.7 Å². The van der Waals surface area contributed by atoms with E-state index in [1.54, 1.807) is 7.11 Å². The average Bonchev–Trinajstić information content (AvgIpc) is 2.88. The molecule has 0 spiro atoms. The normalized spacial score (nSPS) is 20.9. The molecule has 2 aliphatic heterocycles. The van der Waals surface area contributed by atoms with Gasteiger partial charge in [0.05, 0.1) is 30.5 Å². The Bertz CT molecular complexity index is 1210. The zero-order chi connectivity index (χ0) is 24.4. The van der Waals surface area contributed by atoms with Crippen LogP contribution in [0, 0.1) is 12.8 Å². The molecule has 2 N–H and O–H groups in total. The Kier molecular flexibility index (Phi) is 6.88. The van der Waals surface area contributed by atoms with Crippen molar-refractivity contribution >= 4 is 28.8 Å². The summed E-state index contributed by atoms with van der Waals surface area (Å²) in [6.45, 7) is 6.63. The van der Waals surface area contributed by atoms with Crippen LogP contribution in [-0.2, 0) is 14.3 Å². The first-order valence-corrected chi connectivity index (χ1v) is 12.4. The molecular weight excluding hydrogens is 440 g/mol. The highest BCUT2D eigenvalue weighted by Crippen LogP contribution is 2.41. The quantitative estimate of drug-likeness (QED) is 0.540. The number of benzene rings is 2. The monoisotopic (exact) mass is 474 g/mol. The minimum atomic E-state index is 0.0282. The molecule has 0 radical (unpaired) electrons. The Morgan fingerprint density at radius 3 is 2.77 bits per heavy atom.